The maximum atomic E-state index is 13.6. The van der Waals surface area contributed by atoms with Gasteiger partial charge in [0.15, 0.2) is 0 Å². The number of anilines is 1. The molecular weight excluding hydrogens is 281 g/mol. The molecule has 0 fully saturated rings. The van der Waals surface area contributed by atoms with Crippen molar-refractivity contribution in [1.29, 1.82) is 5.26 Å². The Bertz CT molecular complexity index is 692. The quantitative estimate of drug-likeness (QED) is 0.923. The van der Waals surface area contributed by atoms with E-state index in [1.165, 1.54) is 6.07 Å². The predicted molar refractivity (Wildman–Crippen MR) is 82.5 cm³/mol. The molecule has 0 aliphatic rings. The molecule has 4 nitrogen and oxygen atoms in total. The second-order valence-corrected chi connectivity index (χ2v) is 5.00. The smallest absolute Gasteiger partial charge is 0.238 e. The Kier molecular flexibility index (Phi) is 5.23. The number of nitrogens with zero attached hydrogens (tertiary/aromatic N) is 2. The van der Waals surface area contributed by atoms with Gasteiger partial charge in [-0.05, 0) is 37.4 Å². The summed E-state index contributed by atoms with van der Waals surface area (Å²) in [5, 5.41) is 11.5. The molecule has 0 bridgehead atoms. The highest BCUT2D eigenvalue weighted by molar-refractivity contribution is 5.92. The maximum Gasteiger partial charge on any atom is 0.238 e. The molecule has 22 heavy (non-hydrogen) atoms. The van der Waals surface area contributed by atoms with E-state index in [1.807, 2.05) is 6.07 Å². The molecule has 0 aliphatic heterocycles. The van der Waals surface area contributed by atoms with Crippen LogP contribution in [-0.4, -0.2) is 24.4 Å². The highest BCUT2D eigenvalue weighted by Gasteiger charge is 2.09. The van der Waals surface area contributed by atoms with Gasteiger partial charge in [-0.1, -0.05) is 18.2 Å². The van der Waals surface area contributed by atoms with E-state index in [0.29, 0.717) is 23.4 Å². The minimum absolute atomic E-state index is 0.147. The van der Waals surface area contributed by atoms with E-state index in [1.54, 1.807) is 54.4 Å². The van der Waals surface area contributed by atoms with Gasteiger partial charge in [0.05, 0.1) is 18.2 Å². The number of likely N-dealkylation sites (N-methyl/N-ethyl adjacent to an activating group) is 1. The first-order chi connectivity index (χ1) is 10.6. The molecule has 0 atom stereocenters. The van der Waals surface area contributed by atoms with Crippen LogP contribution in [0.1, 0.15) is 11.1 Å². The van der Waals surface area contributed by atoms with Crippen LogP contribution in [0.5, 0.6) is 0 Å². The van der Waals surface area contributed by atoms with Crippen LogP contribution in [0, 0.1) is 17.1 Å². The van der Waals surface area contributed by atoms with Crippen LogP contribution < -0.4 is 5.32 Å². The van der Waals surface area contributed by atoms with Crippen molar-refractivity contribution in [2.24, 2.45) is 0 Å². The molecule has 1 N–H and O–H groups in total. The van der Waals surface area contributed by atoms with Crippen molar-refractivity contribution < 1.29 is 9.18 Å². The minimum atomic E-state index is -0.276. The zero-order chi connectivity index (χ0) is 15.9. The molecule has 0 saturated carbocycles. The third-order valence-corrected chi connectivity index (χ3v) is 3.11. The monoisotopic (exact) mass is 297 g/mol. The molecule has 2 aromatic rings. The summed E-state index contributed by atoms with van der Waals surface area (Å²) in [6.07, 6.45) is 0. The number of nitriles is 1. The topological polar surface area (TPSA) is 56.1 Å². The van der Waals surface area contributed by atoms with Crippen molar-refractivity contribution in [2.45, 2.75) is 6.54 Å². The fourth-order valence-corrected chi connectivity index (χ4v) is 2.05. The average Bonchev–Trinajstić information content (AvgIpc) is 2.50. The Balaban J connectivity index is 1.88. The van der Waals surface area contributed by atoms with Gasteiger partial charge in [0.2, 0.25) is 5.91 Å². The molecule has 112 valence electrons. The van der Waals surface area contributed by atoms with E-state index >= 15 is 0 Å². The summed E-state index contributed by atoms with van der Waals surface area (Å²) < 4.78 is 13.6. The number of halogens is 1. The first-order valence-corrected chi connectivity index (χ1v) is 6.80. The van der Waals surface area contributed by atoms with Crippen molar-refractivity contribution >= 4 is 11.6 Å². The van der Waals surface area contributed by atoms with Crippen LogP contribution in [0.15, 0.2) is 48.5 Å². The van der Waals surface area contributed by atoms with Crippen LogP contribution in [-0.2, 0) is 11.3 Å². The summed E-state index contributed by atoms with van der Waals surface area (Å²) in [6, 6.07) is 15.1. The normalized spacial score (nSPS) is 10.3. The number of carbonyl (C=O) groups is 1. The zero-order valence-corrected chi connectivity index (χ0v) is 12.2. The summed E-state index contributed by atoms with van der Waals surface area (Å²) in [4.78, 5) is 13.7. The van der Waals surface area contributed by atoms with Crippen molar-refractivity contribution in [3.8, 4) is 6.07 Å². The summed E-state index contributed by atoms with van der Waals surface area (Å²) >= 11 is 0. The first kappa shape index (κ1) is 15.7. The molecule has 2 rings (SSSR count). The lowest BCUT2D eigenvalue weighted by Crippen LogP contribution is -2.30. The fourth-order valence-electron chi connectivity index (χ4n) is 2.05. The maximum absolute atomic E-state index is 13.6. The molecule has 1 amide bonds. The molecule has 2 aromatic carbocycles. The molecule has 0 saturated heterocycles. The van der Waals surface area contributed by atoms with Gasteiger partial charge in [0.25, 0.3) is 0 Å². The van der Waals surface area contributed by atoms with Crippen LogP contribution in [0.2, 0.25) is 0 Å². The van der Waals surface area contributed by atoms with E-state index in [4.69, 9.17) is 5.26 Å². The minimum Gasteiger partial charge on any atom is -0.325 e. The Labute approximate surface area is 128 Å². The molecule has 0 unspecified atom stereocenters. The van der Waals surface area contributed by atoms with Gasteiger partial charge in [-0.25, -0.2) is 4.39 Å². The van der Waals surface area contributed by atoms with Crippen LogP contribution >= 0.6 is 0 Å². The SMILES string of the molecule is CN(CC(=O)Nc1ccc(C#N)cc1)Cc1ccccc1F. The standard InChI is InChI=1S/C17H16FN3O/c1-21(11-14-4-2-3-5-16(14)18)12-17(22)20-15-8-6-13(10-19)7-9-15/h2-9H,11-12H2,1H3,(H,20,22). The Morgan fingerprint density at radius 3 is 2.55 bits per heavy atom. The van der Waals surface area contributed by atoms with Crippen LogP contribution in [0.4, 0.5) is 10.1 Å². The number of hydrogen-bond acceptors (Lipinski definition) is 3. The van der Waals surface area contributed by atoms with E-state index in [2.05, 4.69) is 5.32 Å². The highest BCUT2D eigenvalue weighted by atomic mass is 19.1. The number of nitrogens with one attached hydrogen (secondary N) is 1. The first-order valence-electron chi connectivity index (χ1n) is 6.80. The van der Waals surface area contributed by atoms with Crippen molar-refractivity contribution in [3.63, 3.8) is 0 Å². The Morgan fingerprint density at radius 2 is 1.91 bits per heavy atom. The lowest BCUT2D eigenvalue weighted by atomic mass is 10.2. The summed E-state index contributed by atoms with van der Waals surface area (Å²) in [7, 11) is 1.75. The second-order valence-electron chi connectivity index (χ2n) is 5.00. The van der Waals surface area contributed by atoms with E-state index in [0.717, 1.165) is 0 Å². The third kappa shape index (κ3) is 4.40. The van der Waals surface area contributed by atoms with Crippen molar-refractivity contribution in [2.75, 3.05) is 18.9 Å². The predicted octanol–water partition coefficient (Wildman–Crippen LogP) is 2.77. The zero-order valence-electron chi connectivity index (χ0n) is 12.2. The van der Waals surface area contributed by atoms with E-state index in [9.17, 15) is 9.18 Å². The Hall–Kier alpha value is -2.71. The largest absolute Gasteiger partial charge is 0.325 e. The number of benzene rings is 2. The molecule has 0 aromatic heterocycles. The average molecular weight is 297 g/mol. The molecular formula is C17H16FN3O. The van der Waals surface area contributed by atoms with Gasteiger partial charge in [0.1, 0.15) is 5.82 Å². The number of amides is 1. The van der Waals surface area contributed by atoms with Gasteiger partial charge in [0, 0.05) is 17.8 Å². The fraction of sp³-hybridized carbons (Fsp3) is 0.176. The van der Waals surface area contributed by atoms with Crippen molar-refractivity contribution in [1.82, 2.24) is 4.90 Å². The van der Waals surface area contributed by atoms with Gasteiger partial charge in [-0.3, -0.25) is 9.69 Å². The van der Waals surface area contributed by atoms with E-state index < -0.39 is 0 Å². The van der Waals surface area contributed by atoms with Gasteiger partial charge < -0.3 is 5.32 Å². The molecule has 0 heterocycles. The molecule has 0 radical (unpaired) electrons. The van der Waals surface area contributed by atoms with Crippen molar-refractivity contribution in [3.05, 3.63) is 65.5 Å². The highest BCUT2D eigenvalue weighted by Crippen LogP contribution is 2.10. The van der Waals surface area contributed by atoms with Gasteiger partial charge in [-0.15, -0.1) is 0 Å². The van der Waals surface area contributed by atoms with Crippen LogP contribution in [0.3, 0.4) is 0 Å². The van der Waals surface area contributed by atoms with Crippen LogP contribution in [0.25, 0.3) is 0 Å². The third-order valence-electron chi connectivity index (χ3n) is 3.11. The van der Waals surface area contributed by atoms with Gasteiger partial charge in [-0.2, -0.15) is 5.26 Å². The lowest BCUT2D eigenvalue weighted by Gasteiger charge is -2.16. The van der Waals surface area contributed by atoms with Gasteiger partial charge >= 0.3 is 0 Å². The number of rotatable bonds is 5. The second kappa shape index (κ2) is 7.34. The Morgan fingerprint density at radius 1 is 1.23 bits per heavy atom. The number of carbonyl (C=O) groups excluding carboxylic acids is 1. The summed E-state index contributed by atoms with van der Waals surface area (Å²) in [6.45, 7) is 0.502. The lowest BCUT2D eigenvalue weighted by molar-refractivity contribution is -0.117. The molecule has 0 aliphatic carbocycles. The molecule has 0 spiro atoms. The van der Waals surface area contributed by atoms with E-state index in [-0.39, 0.29) is 18.3 Å². The summed E-state index contributed by atoms with van der Waals surface area (Å²) in [5.41, 5.74) is 1.72. The summed E-state index contributed by atoms with van der Waals surface area (Å²) in [5.74, 6) is -0.467. The number of hydrogen-bond donors (Lipinski definition) is 1. The molecule has 5 heteroatoms.